The quantitative estimate of drug-likeness (QED) is 0.224. The van der Waals surface area contributed by atoms with Gasteiger partial charge in [0.25, 0.3) is 0 Å². The minimum atomic E-state index is 0.170. The first-order chi connectivity index (χ1) is 20.3. The van der Waals surface area contributed by atoms with E-state index in [2.05, 4.69) is 132 Å². The highest BCUT2D eigenvalue weighted by atomic mass is 15.1. The number of anilines is 3. The third kappa shape index (κ3) is 3.42. The maximum Gasteiger partial charge on any atom is 0.0467 e. The molecule has 0 atom stereocenters. The molecule has 0 aromatic heterocycles. The van der Waals surface area contributed by atoms with Crippen LogP contribution in [0.5, 0.6) is 0 Å². The van der Waals surface area contributed by atoms with E-state index in [1.807, 2.05) is 0 Å². The smallest absolute Gasteiger partial charge is 0.0467 e. The van der Waals surface area contributed by atoms with E-state index in [-0.39, 0.29) is 5.41 Å². The van der Waals surface area contributed by atoms with E-state index in [9.17, 15) is 0 Å². The lowest BCUT2D eigenvalue weighted by molar-refractivity contribution is -0.0399. The molecule has 0 aliphatic heterocycles. The van der Waals surface area contributed by atoms with Crippen LogP contribution in [0.1, 0.15) is 43.2 Å². The van der Waals surface area contributed by atoms with Crippen molar-refractivity contribution in [2.24, 2.45) is 23.7 Å². The fraction of sp³-hybridized carbons (Fsp3) is 0.250. The van der Waals surface area contributed by atoms with E-state index in [4.69, 9.17) is 0 Å². The van der Waals surface area contributed by atoms with E-state index in [0.29, 0.717) is 0 Å². The standard InChI is InChI=1S/C40H35N/c1-3-10-29(11-4-1)30-12-9-15-34(25-30)41(33-13-5-2-6-14-33)35-18-19-37-36-16-7-8-17-38(36)40(39(37)26-35)31-21-27-20-28(23-31)24-32(40)22-27/h1-19,25-28,31-32H,20-24H2. The van der Waals surface area contributed by atoms with Crippen LogP contribution >= 0.6 is 0 Å². The molecule has 4 bridgehead atoms. The summed E-state index contributed by atoms with van der Waals surface area (Å²) < 4.78 is 0. The lowest BCUT2D eigenvalue weighted by atomic mass is 9.43. The van der Waals surface area contributed by atoms with Gasteiger partial charge < -0.3 is 4.90 Å². The van der Waals surface area contributed by atoms with Gasteiger partial charge in [0, 0.05) is 22.5 Å². The average molecular weight is 530 g/mol. The predicted octanol–water partition coefficient (Wildman–Crippen LogP) is 10.5. The molecule has 0 heterocycles. The molecule has 1 heteroatoms. The van der Waals surface area contributed by atoms with Gasteiger partial charge in [0.15, 0.2) is 0 Å². The van der Waals surface area contributed by atoms with Crippen molar-refractivity contribution in [2.45, 2.75) is 37.5 Å². The second-order valence-electron chi connectivity index (χ2n) is 13.0. The van der Waals surface area contributed by atoms with Gasteiger partial charge in [0.05, 0.1) is 0 Å². The molecule has 41 heavy (non-hydrogen) atoms. The summed E-state index contributed by atoms with van der Waals surface area (Å²) in [4.78, 5) is 2.47. The van der Waals surface area contributed by atoms with Gasteiger partial charge in [-0.15, -0.1) is 0 Å². The third-order valence-corrected chi connectivity index (χ3v) is 11.0. The largest absolute Gasteiger partial charge is 0.310 e. The molecule has 1 nitrogen and oxygen atoms in total. The van der Waals surface area contributed by atoms with Gasteiger partial charge in [-0.2, -0.15) is 0 Å². The highest BCUT2D eigenvalue weighted by Gasteiger charge is 2.61. The van der Waals surface area contributed by atoms with Gasteiger partial charge in [0.1, 0.15) is 0 Å². The Morgan fingerprint density at radius 1 is 0.439 bits per heavy atom. The SMILES string of the molecule is c1ccc(-c2cccc(N(c3ccccc3)c3ccc4c(c3)C3(c5ccccc5-4)C4CC5CC(C4)CC3C5)c2)cc1. The van der Waals surface area contributed by atoms with Crippen molar-refractivity contribution >= 4 is 17.1 Å². The number of nitrogens with zero attached hydrogens (tertiary/aromatic N) is 1. The molecule has 5 aliphatic carbocycles. The molecule has 5 aromatic carbocycles. The van der Waals surface area contributed by atoms with E-state index in [0.717, 1.165) is 23.7 Å². The maximum atomic E-state index is 2.60. The Kier molecular flexibility index (Phi) is 5.15. The minimum Gasteiger partial charge on any atom is -0.310 e. The monoisotopic (exact) mass is 529 g/mol. The summed E-state index contributed by atoms with van der Waals surface area (Å²) in [5.74, 6) is 3.43. The molecule has 200 valence electrons. The Morgan fingerprint density at radius 2 is 1.02 bits per heavy atom. The molecule has 0 unspecified atom stereocenters. The Balaban J connectivity index is 1.24. The molecule has 0 radical (unpaired) electrons. The summed E-state index contributed by atoms with van der Waals surface area (Å²) in [6.45, 7) is 0. The van der Waals surface area contributed by atoms with Crippen molar-refractivity contribution < 1.29 is 0 Å². The van der Waals surface area contributed by atoms with Crippen LogP contribution in [0.15, 0.2) is 127 Å². The summed E-state index contributed by atoms with van der Waals surface area (Å²) in [6.07, 6.45) is 7.12. The highest BCUT2D eigenvalue weighted by Crippen LogP contribution is 2.69. The number of hydrogen-bond donors (Lipinski definition) is 0. The van der Waals surface area contributed by atoms with Gasteiger partial charge >= 0.3 is 0 Å². The second-order valence-corrected chi connectivity index (χ2v) is 13.0. The van der Waals surface area contributed by atoms with Crippen molar-refractivity contribution in [3.05, 3.63) is 139 Å². The molecule has 5 aromatic rings. The molecule has 0 amide bonds. The molecule has 4 fully saturated rings. The summed E-state index contributed by atoms with van der Waals surface area (Å²) in [5, 5.41) is 0. The number of rotatable bonds is 4. The third-order valence-electron chi connectivity index (χ3n) is 11.0. The number of hydrogen-bond acceptors (Lipinski definition) is 1. The van der Waals surface area contributed by atoms with E-state index in [1.165, 1.54) is 71.4 Å². The van der Waals surface area contributed by atoms with Gasteiger partial charge in [0.2, 0.25) is 0 Å². The molecule has 1 spiro atoms. The lowest BCUT2D eigenvalue weighted by Gasteiger charge is -2.61. The predicted molar refractivity (Wildman–Crippen MR) is 170 cm³/mol. The van der Waals surface area contributed by atoms with Crippen LogP contribution < -0.4 is 4.90 Å². The Labute approximate surface area is 243 Å². The van der Waals surface area contributed by atoms with Crippen LogP contribution in [-0.4, -0.2) is 0 Å². The van der Waals surface area contributed by atoms with E-state index < -0.39 is 0 Å². The maximum absolute atomic E-state index is 2.60. The first kappa shape index (κ1) is 23.6. The topological polar surface area (TPSA) is 3.24 Å². The van der Waals surface area contributed by atoms with Gasteiger partial charge in [-0.3, -0.25) is 0 Å². The first-order valence-electron chi connectivity index (χ1n) is 15.5. The van der Waals surface area contributed by atoms with Crippen LogP contribution in [0.3, 0.4) is 0 Å². The van der Waals surface area contributed by atoms with Crippen molar-refractivity contribution in [2.75, 3.05) is 4.90 Å². The Morgan fingerprint density at radius 3 is 1.78 bits per heavy atom. The molecular formula is C40H35N. The van der Waals surface area contributed by atoms with Crippen LogP contribution in [0.25, 0.3) is 22.3 Å². The lowest BCUT2D eigenvalue weighted by Crippen LogP contribution is -2.55. The first-order valence-corrected chi connectivity index (χ1v) is 15.5. The Hall–Kier alpha value is -4.10. The zero-order chi connectivity index (χ0) is 27.0. The zero-order valence-corrected chi connectivity index (χ0v) is 23.4. The van der Waals surface area contributed by atoms with Crippen LogP contribution in [-0.2, 0) is 5.41 Å². The molecule has 4 saturated carbocycles. The van der Waals surface area contributed by atoms with Crippen molar-refractivity contribution in [1.29, 1.82) is 0 Å². The van der Waals surface area contributed by atoms with Crippen LogP contribution in [0.2, 0.25) is 0 Å². The van der Waals surface area contributed by atoms with Crippen molar-refractivity contribution in [1.82, 2.24) is 0 Å². The number of para-hydroxylation sites is 1. The van der Waals surface area contributed by atoms with Crippen LogP contribution in [0.4, 0.5) is 17.1 Å². The van der Waals surface area contributed by atoms with Gasteiger partial charge in [-0.05, 0) is 126 Å². The fourth-order valence-corrected chi connectivity index (χ4v) is 9.76. The summed E-state index contributed by atoms with van der Waals surface area (Å²) >= 11 is 0. The average Bonchev–Trinajstić information content (AvgIpc) is 3.31. The van der Waals surface area contributed by atoms with Crippen molar-refractivity contribution in [3.63, 3.8) is 0 Å². The van der Waals surface area contributed by atoms with Gasteiger partial charge in [-0.25, -0.2) is 0 Å². The van der Waals surface area contributed by atoms with Crippen LogP contribution in [0, 0.1) is 23.7 Å². The van der Waals surface area contributed by atoms with E-state index >= 15 is 0 Å². The molecule has 0 N–H and O–H groups in total. The second kappa shape index (κ2) is 8.95. The highest BCUT2D eigenvalue weighted by molar-refractivity contribution is 5.87. The molecule has 5 aliphatic rings. The summed E-state index contributed by atoms with van der Waals surface area (Å²) in [5.41, 5.74) is 12.5. The van der Waals surface area contributed by atoms with Gasteiger partial charge in [-0.1, -0.05) is 91.0 Å². The number of benzene rings is 5. The Bertz CT molecular complexity index is 1720. The van der Waals surface area contributed by atoms with Crippen molar-refractivity contribution in [3.8, 4) is 22.3 Å². The summed E-state index contributed by atoms with van der Waals surface area (Å²) in [7, 11) is 0. The zero-order valence-electron chi connectivity index (χ0n) is 23.4. The molecular weight excluding hydrogens is 494 g/mol. The molecule has 0 saturated heterocycles. The minimum absolute atomic E-state index is 0.170. The normalized spacial score (nSPS) is 26.6. The summed E-state index contributed by atoms with van der Waals surface area (Å²) in [6, 6.07) is 47.5. The molecule has 10 rings (SSSR count). The fourth-order valence-electron chi connectivity index (χ4n) is 9.76. The van der Waals surface area contributed by atoms with E-state index in [1.54, 1.807) is 11.1 Å². The number of fused-ring (bicyclic) bond motifs is 3.